The number of para-hydroxylation sites is 1. The predicted molar refractivity (Wildman–Crippen MR) is 107 cm³/mol. The van der Waals surface area contributed by atoms with Gasteiger partial charge in [-0.05, 0) is 24.5 Å². The fraction of sp³-hybridized carbons (Fsp3) is 0.421. The number of fused-ring (bicyclic) bond motifs is 1. The van der Waals surface area contributed by atoms with Gasteiger partial charge in [0.2, 0.25) is 0 Å². The van der Waals surface area contributed by atoms with Crippen molar-refractivity contribution in [2.24, 2.45) is 4.99 Å². The van der Waals surface area contributed by atoms with Gasteiger partial charge in [-0.2, -0.15) is 0 Å². The van der Waals surface area contributed by atoms with Crippen LogP contribution in [0.2, 0.25) is 0 Å². The van der Waals surface area contributed by atoms with Crippen molar-refractivity contribution >= 4 is 27.5 Å². The van der Waals surface area contributed by atoms with Crippen molar-refractivity contribution in [1.29, 1.82) is 0 Å². The maximum Gasteiger partial charge on any atom is 0.191 e. The quantitative estimate of drug-likeness (QED) is 0.376. The van der Waals surface area contributed by atoms with Gasteiger partial charge in [-0.3, -0.25) is 4.99 Å². The molecule has 2 N–H and O–H groups in total. The monoisotopic (exact) mass is 371 g/mol. The summed E-state index contributed by atoms with van der Waals surface area (Å²) in [4.78, 5) is 8.91. The standard InChI is InChI=1S/C19H25N5OS/c1-13(2)16-11-14(25-24-16)12-22-19(20-3)21-10-6-9-18-23-15-7-4-5-8-17(15)26-18/h4-5,7-8,11,13H,6,9-10,12H2,1-3H3,(H2,20,21,22). The van der Waals surface area contributed by atoms with Gasteiger partial charge in [0.1, 0.15) is 0 Å². The molecule has 26 heavy (non-hydrogen) atoms. The van der Waals surface area contributed by atoms with E-state index in [0.29, 0.717) is 12.5 Å². The first kappa shape index (κ1) is 18.4. The Bertz CT molecular complexity index is 835. The molecule has 0 aliphatic rings. The molecule has 2 aromatic heterocycles. The van der Waals surface area contributed by atoms with Gasteiger partial charge in [-0.1, -0.05) is 31.1 Å². The Morgan fingerprint density at radius 2 is 2.12 bits per heavy atom. The molecule has 0 aliphatic carbocycles. The highest BCUT2D eigenvalue weighted by Crippen LogP contribution is 2.22. The van der Waals surface area contributed by atoms with Crippen LogP contribution >= 0.6 is 11.3 Å². The van der Waals surface area contributed by atoms with Crippen molar-refractivity contribution in [1.82, 2.24) is 20.8 Å². The van der Waals surface area contributed by atoms with Gasteiger partial charge in [0.25, 0.3) is 0 Å². The average molecular weight is 372 g/mol. The van der Waals surface area contributed by atoms with E-state index in [1.807, 2.05) is 12.1 Å². The highest BCUT2D eigenvalue weighted by Gasteiger charge is 2.08. The molecule has 0 saturated heterocycles. The summed E-state index contributed by atoms with van der Waals surface area (Å²) >= 11 is 1.77. The van der Waals surface area contributed by atoms with Gasteiger partial charge in [0.05, 0.1) is 27.5 Å². The Hall–Kier alpha value is -2.41. The van der Waals surface area contributed by atoms with Crippen LogP contribution in [0.4, 0.5) is 0 Å². The number of guanidine groups is 1. The third-order valence-corrected chi connectivity index (χ3v) is 5.12. The molecule has 1 aromatic carbocycles. The van der Waals surface area contributed by atoms with E-state index in [1.165, 1.54) is 9.71 Å². The van der Waals surface area contributed by atoms with Crippen molar-refractivity contribution in [3.8, 4) is 0 Å². The molecule has 0 aliphatic heterocycles. The number of rotatable bonds is 7. The maximum atomic E-state index is 5.33. The summed E-state index contributed by atoms with van der Waals surface area (Å²) in [6, 6.07) is 10.3. The topological polar surface area (TPSA) is 75.3 Å². The fourth-order valence-corrected chi connectivity index (χ4v) is 3.56. The minimum Gasteiger partial charge on any atom is -0.359 e. The van der Waals surface area contributed by atoms with E-state index in [-0.39, 0.29) is 0 Å². The number of aliphatic imine (C=N–C) groups is 1. The third kappa shape index (κ3) is 4.82. The Kier molecular flexibility index (Phi) is 6.22. The number of nitrogens with one attached hydrogen (secondary N) is 2. The molecule has 0 radical (unpaired) electrons. The van der Waals surface area contributed by atoms with Crippen molar-refractivity contribution in [3.05, 3.63) is 46.8 Å². The summed E-state index contributed by atoms with van der Waals surface area (Å²) in [5.41, 5.74) is 2.06. The Morgan fingerprint density at radius 1 is 1.27 bits per heavy atom. The van der Waals surface area contributed by atoms with Crippen molar-refractivity contribution in [2.45, 2.75) is 39.2 Å². The van der Waals surface area contributed by atoms with Gasteiger partial charge < -0.3 is 15.2 Å². The van der Waals surface area contributed by atoms with Crippen LogP contribution in [0, 0.1) is 0 Å². The van der Waals surface area contributed by atoms with Gasteiger partial charge in [0.15, 0.2) is 11.7 Å². The van der Waals surface area contributed by atoms with E-state index in [2.05, 4.69) is 57.8 Å². The second-order valence-corrected chi connectivity index (χ2v) is 7.52. The number of hydrogen-bond donors (Lipinski definition) is 2. The molecular formula is C19H25N5OS. The molecule has 0 amide bonds. The van der Waals surface area contributed by atoms with Crippen LogP contribution in [0.15, 0.2) is 39.8 Å². The van der Waals surface area contributed by atoms with Gasteiger partial charge in [-0.15, -0.1) is 11.3 Å². The molecule has 0 unspecified atom stereocenters. The second kappa shape index (κ2) is 8.80. The van der Waals surface area contributed by atoms with Crippen LogP contribution in [0.1, 0.15) is 42.6 Å². The van der Waals surface area contributed by atoms with Crippen molar-refractivity contribution < 1.29 is 4.52 Å². The smallest absolute Gasteiger partial charge is 0.191 e. The zero-order valence-corrected chi connectivity index (χ0v) is 16.3. The van der Waals surface area contributed by atoms with Crippen LogP contribution in [0.25, 0.3) is 10.2 Å². The molecule has 7 heteroatoms. The van der Waals surface area contributed by atoms with Gasteiger partial charge >= 0.3 is 0 Å². The van der Waals surface area contributed by atoms with Crippen molar-refractivity contribution in [2.75, 3.05) is 13.6 Å². The van der Waals surface area contributed by atoms with Gasteiger partial charge in [-0.25, -0.2) is 4.98 Å². The predicted octanol–water partition coefficient (Wildman–Crippen LogP) is 3.71. The first-order valence-electron chi connectivity index (χ1n) is 8.90. The zero-order valence-electron chi connectivity index (χ0n) is 15.5. The molecular weight excluding hydrogens is 346 g/mol. The molecule has 2 heterocycles. The molecule has 3 aromatic rings. The SMILES string of the molecule is CN=C(NCCCc1nc2ccccc2s1)NCc1cc(C(C)C)no1. The minimum absolute atomic E-state index is 0.368. The lowest BCUT2D eigenvalue weighted by Gasteiger charge is -2.10. The van der Waals surface area contributed by atoms with E-state index < -0.39 is 0 Å². The van der Waals surface area contributed by atoms with E-state index in [1.54, 1.807) is 18.4 Å². The van der Waals surface area contributed by atoms with E-state index in [9.17, 15) is 0 Å². The lowest BCUT2D eigenvalue weighted by atomic mass is 10.1. The van der Waals surface area contributed by atoms with Crippen LogP contribution in [0.3, 0.4) is 0 Å². The number of benzene rings is 1. The van der Waals surface area contributed by atoms with Crippen LogP contribution < -0.4 is 10.6 Å². The number of thiazole rings is 1. The van der Waals surface area contributed by atoms with E-state index in [4.69, 9.17) is 4.52 Å². The van der Waals surface area contributed by atoms with Crippen molar-refractivity contribution in [3.63, 3.8) is 0 Å². The normalized spacial score (nSPS) is 12.1. The first-order chi connectivity index (χ1) is 12.7. The molecule has 3 rings (SSSR count). The third-order valence-electron chi connectivity index (χ3n) is 4.02. The summed E-state index contributed by atoms with van der Waals surface area (Å²) in [6.45, 7) is 5.60. The molecule has 0 atom stereocenters. The largest absolute Gasteiger partial charge is 0.359 e. The molecule has 0 bridgehead atoms. The van der Waals surface area contributed by atoms with E-state index in [0.717, 1.165) is 42.3 Å². The average Bonchev–Trinajstić information content (AvgIpc) is 3.27. The highest BCUT2D eigenvalue weighted by molar-refractivity contribution is 7.18. The number of aromatic nitrogens is 2. The minimum atomic E-state index is 0.368. The number of nitrogens with zero attached hydrogens (tertiary/aromatic N) is 3. The number of hydrogen-bond acceptors (Lipinski definition) is 5. The van der Waals surface area contributed by atoms with E-state index >= 15 is 0 Å². The Morgan fingerprint density at radius 3 is 2.85 bits per heavy atom. The molecule has 138 valence electrons. The zero-order chi connectivity index (χ0) is 18.4. The number of aryl methyl sites for hydroxylation is 1. The van der Waals surface area contributed by atoms with Crippen LogP contribution in [-0.2, 0) is 13.0 Å². The molecule has 0 fully saturated rings. The highest BCUT2D eigenvalue weighted by atomic mass is 32.1. The Balaban J connectivity index is 1.41. The summed E-state index contributed by atoms with van der Waals surface area (Å²) < 4.78 is 6.58. The fourth-order valence-electron chi connectivity index (χ4n) is 2.55. The summed E-state index contributed by atoms with van der Waals surface area (Å²) in [6.07, 6.45) is 1.96. The first-order valence-corrected chi connectivity index (χ1v) is 9.72. The molecule has 0 spiro atoms. The maximum absolute atomic E-state index is 5.33. The molecule has 6 nitrogen and oxygen atoms in total. The van der Waals surface area contributed by atoms with Crippen LogP contribution in [-0.4, -0.2) is 29.7 Å². The lowest BCUT2D eigenvalue weighted by molar-refractivity contribution is 0.372. The summed E-state index contributed by atoms with van der Waals surface area (Å²) in [5.74, 6) is 1.94. The lowest BCUT2D eigenvalue weighted by Crippen LogP contribution is -2.37. The van der Waals surface area contributed by atoms with Gasteiger partial charge in [0, 0.05) is 26.1 Å². The Labute approximate surface area is 157 Å². The second-order valence-electron chi connectivity index (χ2n) is 6.40. The summed E-state index contributed by atoms with van der Waals surface area (Å²) in [5, 5.41) is 11.8. The molecule has 0 saturated carbocycles. The summed E-state index contributed by atoms with van der Waals surface area (Å²) in [7, 11) is 1.77. The van der Waals surface area contributed by atoms with Crippen LogP contribution in [0.5, 0.6) is 0 Å².